The molecule has 1 aromatic carbocycles. The van der Waals surface area contributed by atoms with Gasteiger partial charge in [0.15, 0.2) is 0 Å². The van der Waals surface area contributed by atoms with Gasteiger partial charge in [-0.05, 0) is 48.3 Å². The van der Waals surface area contributed by atoms with Crippen LogP contribution in [0.3, 0.4) is 0 Å². The zero-order valence-electron chi connectivity index (χ0n) is 13.3. The van der Waals surface area contributed by atoms with Gasteiger partial charge in [0, 0.05) is 11.7 Å². The standard InChI is InChI=1S/C18H23N3/c1-17(2)8-16(9-18(3,4)12-17)21-15-6-5-13(10-19)14(7-15)11-20/h5-7,16,21H,8-9,12H2,1-4H3. The Labute approximate surface area is 127 Å². The van der Waals surface area contributed by atoms with E-state index in [0.717, 1.165) is 18.5 Å². The molecule has 1 N–H and O–H groups in total. The van der Waals surface area contributed by atoms with E-state index in [4.69, 9.17) is 10.5 Å². The van der Waals surface area contributed by atoms with Gasteiger partial charge in [-0.25, -0.2) is 0 Å². The summed E-state index contributed by atoms with van der Waals surface area (Å²) in [5, 5.41) is 21.7. The van der Waals surface area contributed by atoms with Crippen molar-refractivity contribution in [3.63, 3.8) is 0 Å². The molecule has 0 unspecified atom stereocenters. The average molecular weight is 281 g/mol. The molecule has 1 aromatic rings. The Hall–Kier alpha value is -2.00. The summed E-state index contributed by atoms with van der Waals surface area (Å²) in [6.07, 6.45) is 3.48. The maximum atomic E-state index is 9.12. The van der Waals surface area contributed by atoms with E-state index in [-0.39, 0.29) is 0 Å². The first-order valence-corrected chi connectivity index (χ1v) is 7.45. The summed E-state index contributed by atoms with van der Waals surface area (Å²) in [6.45, 7) is 9.29. The zero-order chi connectivity index (χ0) is 15.7. The van der Waals surface area contributed by atoms with Crippen molar-refractivity contribution in [3.05, 3.63) is 29.3 Å². The lowest BCUT2D eigenvalue weighted by Crippen LogP contribution is -2.40. The van der Waals surface area contributed by atoms with Crippen LogP contribution in [0.2, 0.25) is 0 Å². The predicted molar refractivity (Wildman–Crippen MR) is 84.7 cm³/mol. The molecule has 21 heavy (non-hydrogen) atoms. The fourth-order valence-corrected chi connectivity index (χ4v) is 4.01. The van der Waals surface area contributed by atoms with Crippen LogP contribution in [0.25, 0.3) is 0 Å². The Morgan fingerprint density at radius 1 is 1.00 bits per heavy atom. The largest absolute Gasteiger partial charge is 0.382 e. The summed E-state index contributed by atoms with van der Waals surface area (Å²) < 4.78 is 0. The summed E-state index contributed by atoms with van der Waals surface area (Å²) in [6, 6.07) is 9.96. The SMILES string of the molecule is CC1(C)CC(Nc2ccc(C#N)c(C#N)c2)CC(C)(C)C1. The number of hydrogen-bond donors (Lipinski definition) is 1. The monoisotopic (exact) mass is 281 g/mol. The van der Waals surface area contributed by atoms with Gasteiger partial charge in [0.2, 0.25) is 0 Å². The van der Waals surface area contributed by atoms with Gasteiger partial charge in [-0.15, -0.1) is 0 Å². The van der Waals surface area contributed by atoms with Crippen LogP contribution in [0.15, 0.2) is 18.2 Å². The van der Waals surface area contributed by atoms with Crippen LogP contribution in [-0.2, 0) is 0 Å². The highest BCUT2D eigenvalue weighted by atomic mass is 14.9. The number of nitrogens with one attached hydrogen (secondary N) is 1. The highest BCUT2D eigenvalue weighted by molar-refractivity contribution is 5.56. The molecule has 0 aromatic heterocycles. The van der Waals surface area contributed by atoms with E-state index in [1.807, 2.05) is 6.07 Å². The minimum absolute atomic E-state index is 0.323. The second kappa shape index (κ2) is 5.41. The van der Waals surface area contributed by atoms with Gasteiger partial charge >= 0.3 is 0 Å². The van der Waals surface area contributed by atoms with Gasteiger partial charge in [0.1, 0.15) is 12.1 Å². The molecule has 1 saturated carbocycles. The molecule has 0 radical (unpaired) electrons. The average Bonchev–Trinajstić information content (AvgIpc) is 2.34. The van der Waals surface area contributed by atoms with E-state index in [9.17, 15) is 0 Å². The maximum Gasteiger partial charge on any atom is 0.101 e. The van der Waals surface area contributed by atoms with Crippen molar-refractivity contribution in [2.24, 2.45) is 10.8 Å². The molecule has 3 nitrogen and oxygen atoms in total. The Morgan fingerprint density at radius 3 is 2.10 bits per heavy atom. The van der Waals surface area contributed by atoms with Crippen LogP contribution < -0.4 is 5.32 Å². The van der Waals surface area contributed by atoms with E-state index >= 15 is 0 Å². The highest BCUT2D eigenvalue weighted by Crippen LogP contribution is 2.46. The molecule has 0 bridgehead atoms. The number of nitrogens with zero attached hydrogens (tertiary/aromatic N) is 2. The van der Waals surface area contributed by atoms with Gasteiger partial charge in [-0.1, -0.05) is 27.7 Å². The number of hydrogen-bond acceptors (Lipinski definition) is 3. The third-order valence-electron chi connectivity index (χ3n) is 4.19. The molecule has 0 spiro atoms. The Balaban J connectivity index is 2.19. The smallest absolute Gasteiger partial charge is 0.101 e. The lowest BCUT2D eigenvalue weighted by atomic mass is 9.63. The van der Waals surface area contributed by atoms with Gasteiger partial charge in [0.05, 0.1) is 11.1 Å². The van der Waals surface area contributed by atoms with Gasteiger partial charge < -0.3 is 5.32 Å². The van der Waals surface area contributed by atoms with Crippen molar-refractivity contribution in [2.75, 3.05) is 5.32 Å². The van der Waals surface area contributed by atoms with E-state index in [1.165, 1.54) is 6.42 Å². The molecule has 3 heteroatoms. The topological polar surface area (TPSA) is 59.6 Å². The van der Waals surface area contributed by atoms with E-state index in [2.05, 4.69) is 45.2 Å². The Kier molecular flexibility index (Phi) is 3.97. The van der Waals surface area contributed by atoms with Crippen LogP contribution in [0, 0.1) is 33.5 Å². The molecule has 1 fully saturated rings. The summed E-state index contributed by atoms with van der Waals surface area (Å²) in [5.74, 6) is 0. The van der Waals surface area contributed by atoms with Crippen molar-refractivity contribution in [2.45, 2.75) is 53.0 Å². The molecule has 0 amide bonds. The van der Waals surface area contributed by atoms with Crippen molar-refractivity contribution in [3.8, 4) is 12.1 Å². The fraction of sp³-hybridized carbons (Fsp3) is 0.556. The number of nitriles is 2. The minimum Gasteiger partial charge on any atom is -0.382 e. The molecule has 2 rings (SSSR count). The van der Waals surface area contributed by atoms with Crippen molar-refractivity contribution in [1.82, 2.24) is 0 Å². The minimum atomic E-state index is 0.323. The first-order chi connectivity index (χ1) is 9.74. The van der Waals surface area contributed by atoms with Crippen LogP contribution in [-0.4, -0.2) is 6.04 Å². The molecule has 0 saturated heterocycles. The van der Waals surface area contributed by atoms with E-state index in [0.29, 0.717) is 28.0 Å². The van der Waals surface area contributed by atoms with E-state index < -0.39 is 0 Å². The van der Waals surface area contributed by atoms with E-state index in [1.54, 1.807) is 12.1 Å². The molecular weight excluding hydrogens is 258 g/mol. The zero-order valence-corrected chi connectivity index (χ0v) is 13.3. The number of benzene rings is 1. The van der Waals surface area contributed by atoms with Crippen molar-refractivity contribution < 1.29 is 0 Å². The van der Waals surface area contributed by atoms with Crippen LogP contribution >= 0.6 is 0 Å². The predicted octanol–water partition coefficient (Wildman–Crippen LogP) is 4.45. The molecule has 110 valence electrons. The van der Waals surface area contributed by atoms with Crippen molar-refractivity contribution >= 4 is 5.69 Å². The number of rotatable bonds is 2. The second-order valence-corrected chi connectivity index (χ2v) is 7.74. The van der Waals surface area contributed by atoms with Crippen molar-refractivity contribution in [1.29, 1.82) is 10.5 Å². The lowest BCUT2D eigenvalue weighted by Gasteiger charge is -2.45. The summed E-state index contributed by atoms with van der Waals surface area (Å²) in [5.41, 5.74) is 2.46. The first kappa shape index (κ1) is 15.4. The first-order valence-electron chi connectivity index (χ1n) is 7.45. The third kappa shape index (κ3) is 3.76. The quantitative estimate of drug-likeness (QED) is 0.871. The van der Waals surface area contributed by atoms with Crippen LogP contribution in [0.1, 0.15) is 58.1 Å². The van der Waals surface area contributed by atoms with Crippen LogP contribution in [0.4, 0.5) is 5.69 Å². The number of anilines is 1. The summed E-state index contributed by atoms with van der Waals surface area (Å²) >= 11 is 0. The third-order valence-corrected chi connectivity index (χ3v) is 4.19. The van der Waals surface area contributed by atoms with Gasteiger partial charge in [-0.2, -0.15) is 10.5 Å². The summed E-state index contributed by atoms with van der Waals surface area (Å²) in [7, 11) is 0. The van der Waals surface area contributed by atoms with Gasteiger partial charge in [-0.3, -0.25) is 0 Å². The Morgan fingerprint density at radius 2 is 1.57 bits per heavy atom. The fourth-order valence-electron chi connectivity index (χ4n) is 4.01. The highest BCUT2D eigenvalue weighted by Gasteiger charge is 2.38. The second-order valence-electron chi connectivity index (χ2n) is 7.74. The normalized spacial score (nSPS) is 20.3. The molecule has 0 heterocycles. The molecule has 1 aliphatic carbocycles. The molecule has 0 atom stereocenters. The van der Waals surface area contributed by atoms with Crippen LogP contribution in [0.5, 0.6) is 0 Å². The molecule has 1 aliphatic rings. The maximum absolute atomic E-state index is 9.12. The molecular formula is C18H23N3. The van der Waals surface area contributed by atoms with Gasteiger partial charge in [0.25, 0.3) is 0 Å². The summed E-state index contributed by atoms with van der Waals surface area (Å²) in [4.78, 5) is 0. The lowest BCUT2D eigenvalue weighted by molar-refractivity contribution is 0.105. The molecule has 0 aliphatic heterocycles. The Bertz CT molecular complexity index is 598.